The average molecular weight is 310 g/mol. The number of hydrogen-bond donors (Lipinski definition) is 1. The summed E-state index contributed by atoms with van der Waals surface area (Å²) in [6, 6.07) is 7.16. The van der Waals surface area contributed by atoms with Crippen LogP contribution in [0.15, 0.2) is 18.2 Å². The molecule has 1 aromatic carbocycles. The van der Waals surface area contributed by atoms with Crippen LogP contribution in [0.25, 0.3) is 10.2 Å². The molecule has 1 aromatic heterocycles. The first-order valence-electron chi connectivity index (χ1n) is 6.99. The second kappa shape index (κ2) is 6.70. The number of benzene rings is 1. The molecule has 3 nitrogen and oxygen atoms in total. The maximum Gasteiger partial charge on any atom is 0.159 e. The Hall–Kier alpha value is -0.910. The molecule has 5 heteroatoms. The zero-order valence-corrected chi connectivity index (χ0v) is 14.1. The minimum absolute atomic E-state index is 0.538. The van der Waals surface area contributed by atoms with Gasteiger partial charge in [0.1, 0.15) is 12.4 Å². The fraction of sp³-hybridized carbons (Fsp3) is 0.533. The Kier molecular flexibility index (Phi) is 5.18. The summed E-state index contributed by atoms with van der Waals surface area (Å²) < 4.78 is 7.83. The van der Waals surface area contributed by atoms with E-state index in [2.05, 4.69) is 43.6 Å². The molecule has 0 amide bonds. The van der Waals surface area contributed by atoms with Crippen molar-refractivity contribution in [1.29, 1.82) is 0 Å². The summed E-state index contributed by atoms with van der Waals surface area (Å²) in [5, 5.41) is 0. The van der Waals surface area contributed by atoms with Crippen LogP contribution in [-0.2, 0) is 0 Å². The van der Waals surface area contributed by atoms with Gasteiger partial charge in [0.25, 0.3) is 0 Å². The number of fused-ring (bicyclic) bond motifs is 1. The molecule has 0 atom stereocenters. The molecule has 0 saturated heterocycles. The fourth-order valence-electron chi connectivity index (χ4n) is 2.40. The molecule has 2 rings (SSSR count). The maximum absolute atomic E-state index is 5.87. The topological polar surface area (TPSA) is 28.3 Å². The van der Waals surface area contributed by atoms with E-state index in [1.807, 2.05) is 12.1 Å². The number of nitrogens with one attached hydrogen (secondary N) is 1. The van der Waals surface area contributed by atoms with E-state index in [-0.39, 0.29) is 0 Å². The largest absolute Gasteiger partial charge is 0.492 e. The van der Waals surface area contributed by atoms with Crippen molar-refractivity contribution in [3.8, 4) is 5.75 Å². The third-order valence-electron chi connectivity index (χ3n) is 3.34. The molecule has 1 heterocycles. The Bertz CT molecular complexity index is 608. The summed E-state index contributed by atoms with van der Waals surface area (Å²) in [7, 11) is 0. The van der Waals surface area contributed by atoms with Gasteiger partial charge in [-0.2, -0.15) is 0 Å². The Morgan fingerprint density at radius 3 is 2.60 bits per heavy atom. The molecule has 0 radical (unpaired) electrons. The van der Waals surface area contributed by atoms with Crippen molar-refractivity contribution in [3.05, 3.63) is 22.2 Å². The van der Waals surface area contributed by atoms with E-state index in [4.69, 9.17) is 17.0 Å². The summed E-state index contributed by atoms with van der Waals surface area (Å²) in [4.78, 5) is 5.59. The molecule has 0 bridgehead atoms. The highest BCUT2D eigenvalue weighted by Crippen LogP contribution is 2.24. The summed E-state index contributed by atoms with van der Waals surface area (Å²) in [5.41, 5.74) is 1.08. The first kappa shape index (κ1) is 15.5. The van der Waals surface area contributed by atoms with E-state index in [1.54, 1.807) is 11.3 Å². The van der Waals surface area contributed by atoms with Crippen LogP contribution in [0.3, 0.4) is 0 Å². The second-order valence-corrected chi connectivity index (χ2v) is 7.17. The third-order valence-corrected chi connectivity index (χ3v) is 4.53. The number of ether oxygens (including phenoxy) is 1. The summed E-state index contributed by atoms with van der Waals surface area (Å²) in [6.07, 6.45) is 0. The predicted octanol–water partition coefficient (Wildman–Crippen LogP) is 4.46. The molecule has 0 unspecified atom stereocenters. The van der Waals surface area contributed by atoms with E-state index in [0.29, 0.717) is 18.7 Å². The summed E-state index contributed by atoms with van der Waals surface area (Å²) in [5.74, 6) is 0.912. The molecule has 0 aliphatic heterocycles. The van der Waals surface area contributed by atoms with Crippen LogP contribution in [0.4, 0.5) is 0 Å². The van der Waals surface area contributed by atoms with Gasteiger partial charge in [-0.05, 0) is 58.1 Å². The van der Waals surface area contributed by atoms with E-state index in [1.165, 1.54) is 0 Å². The first-order valence-corrected chi connectivity index (χ1v) is 8.21. The van der Waals surface area contributed by atoms with Gasteiger partial charge >= 0.3 is 0 Å². The number of rotatable bonds is 6. The number of hydrogen-bond acceptors (Lipinski definition) is 4. The highest BCUT2D eigenvalue weighted by atomic mass is 32.1. The molecule has 20 heavy (non-hydrogen) atoms. The van der Waals surface area contributed by atoms with Crippen molar-refractivity contribution in [2.24, 2.45) is 0 Å². The second-order valence-electron chi connectivity index (χ2n) is 5.45. The van der Waals surface area contributed by atoms with Crippen molar-refractivity contribution < 1.29 is 4.74 Å². The molecule has 1 N–H and O–H groups in total. The molecule has 0 spiro atoms. The van der Waals surface area contributed by atoms with E-state index in [0.717, 1.165) is 26.5 Å². The van der Waals surface area contributed by atoms with Crippen molar-refractivity contribution in [3.63, 3.8) is 0 Å². The van der Waals surface area contributed by atoms with Crippen LogP contribution >= 0.6 is 23.6 Å². The quantitative estimate of drug-likeness (QED) is 0.799. The number of aromatic amines is 1. The lowest BCUT2D eigenvalue weighted by Crippen LogP contribution is -2.39. The lowest BCUT2D eigenvalue weighted by Gasteiger charge is -2.30. The van der Waals surface area contributed by atoms with Crippen LogP contribution in [0.5, 0.6) is 5.75 Å². The Balaban J connectivity index is 1.96. The van der Waals surface area contributed by atoms with Gasteiger partial charge in [-0.15, -0.1) is 11.3 Å². The summed E-state index contributed by atoms with van der Waals surface area (Å²) in [6.45, 7) is 10.5. The highest BCUT2D eigenvalue weighted by Gasteiger charge is 2.12. The molecular formula is C15H22N2OS2. The van der Waals surface area contributed by atoms with Gasteiger partial charge in [0.15, 0.2) is 3.95 Å². The normalized spacial score (nSPS) is 11.9. The van der Waals surface area contributed by atoms with Crippen molar-refractivity contribution in [1.82, 2.24) is 9.88 Å². The molecular weight excluding hydrogens is 288 g/mol. The van der Waals surface area contributed by atoms with Crippen LogP contribution in [-0.4, -0.2) is 35.1 Å². The van der Waals surface area contributed by atoms with Crippen LogP contribution in [0.2, 0.25) is 0 Å². The lowest BCUT2D eigenvalue weighted by atomic mass is 10.2. The molecule has 0 aliphatic rings. The zero-order valence-electron chi connectivity index (χ0n) is 12.5. The first-order chi connectivity index (χ1) is 9.47. The van der Waals surface area contributed by atoms with Crippen LogP contribution in [0.1, 0.15) is 27.7 Å². The Morgan fingerprint density at radius 2 is 1.95 bits per heavy atom. The standard InChI is InChI=1S/C15H22N2OS2/c1-10(2)17(11(3)4)7-8-18-12-5-6-13-14(9-12)20-15(19)16-13/h5-6,9-11H,7-8H2,1-4H3,(H,16,19). The number of aromatic nitrogens is 1. The van der Waals surface area contributed by atoms with Gasteiger partial charge < -0.3 is 9.72 Å². The zero-order chi connectivity index (χ0) is 14.7. The molecule has 110 valence electrons. The smallest absolute Gasteiger partial charge is 0.159 e. The average Bonchev–Trinajstić information content (AvgIpc) is 2.72. The highest BCUT2D eigenvalue weighted by molar-refractivity contribution is 7.73. The van der Waals surface area contributed by atoms with Gasteiger partial charge in [0.05, 0.1) is 10.2 Å². The lowest BCUT2D eigenvalue weighted by molar-refractivity contribution is 0.142. The van der Waals surface area contributed by atoms with Gasteiger partial charge in [-0.3, -0.25) is 4.90 Å². The molecule has 2 aromatic rings. The van der Waals surface area contributed by atoms with Crippen LogP contribution in [0, 0.1) is 3.95 Å². The van der Waals surface area contributed by atoms with E-state index in [9.17, 15) is 0 Å². The van der Waals surface area contributed by atoms with E-state index < -0.39 is 0 Å². The Labute approximate surface area is 129 Å². The van der Waals surface area contributed by atoms with E-state index >= 15 is 0 Å². The maximum atomic E-state index is 5.87. The Morgan fingerprint density at radius 1 is 1.25 bits per heavy atom. The third kappa shape index (κ3) is 3.81. The summed E-state index contributed by atoms with van der Waals surface area (Å²) >= 11 is 6.74. The number of H-pyrrole nitrogens is 1. The molecule has 0 aliphatic carbocycles. The van der Waals surface area contributed by atoms with Crippen molar-refractivity contribution in [2.45, 2.75) is 39.8 Å². The van der Waals surface area contributed by atoms with Crippen LogP contribution < -0.4 is 4.74 Å². The minimum atomic E-state index is 0.538. The predicted molar refractivity (Wildman–Crippen MR) is 89.5 cm³/mol. The molecule has 0 fully saturated rings. The van der Waals surface area contributed by atoms with Gasteiger partial charge in [0, 0.05) is 18.6 Å². The van der Waals surface area contributed by atoms with Crippen molar-refractivity contribution >= 4 is 33.8 Å². The monoisotopic (exact) mass is 310 g/mol. The number of thiazole rings is 1. The van der Waals surface area contributed by atoms with Gasteiger partial charge in [-0.1, -0.05) is 0 Å². The fourth-order valence-corrected chi connectivity index (χ4v) is 3.54. The van der Waals surface area contributed by atoms with Crippen molar-refractivity contribution in [2.75, 3.05) is 13.2 Å². The number of nitrogens with zero attached hydrogens (tertiary/aromatic N) is 1. The minimum Gasteiger partial charge on any atom is -0.492 e. The SMILES string of the molecule is CC(C)N(CCOc1ccc2[nH]c(=S)sc2c1)C(C)C. The van der Waals surface area contributed by atoms with Gasteiger partial charge in [0.2, 0.25) is 0 Å². The van der Waals surface area contributed by atoms with Gasteiger partial charge in [-0.25, -0.2) is 0 Å². The molecule has 0 saturated carbocycles.